The van der Waals surface area contributed by atoms with Gasteiger partial charge in [-0.25, -0.2) is 9.37 Å². The van der Waals surface area contributed by atoms with E-state index in [1.54, 1.807) is 26.0 Å². The molecule has 2 heterocycles. The number of nitrogens with one attached hydrogen (secondary N) is 1. The Labute approximate surface area is 176 Å². The largest absolute Gasteiger partial charge is 0.466 e. The molecule has 6 nitrogen and oxygen atoms in total. The summed E-state index contributed by atoms with van der Waals surface area (Å²) in [4.78, 5) is 32.6. The summed E-state index contributed by atoms with van der Waals surface area (Å²) in [6.45, 7) is 1.63. The monoisotopic (exact) mass is 439 g/mol. The second kappa shape index (κ2) is 8.99. The Kier molecular flexibility index (Phi) is 6.56. The maximum atomic E-state index is 14.0. The van der Waals surface area contributed by atoms with Gasteiger partial charge in [0.25, 0.3) is 11.8 Å². The quantitative estimate of drug-likeness (QED) is 0.632. The summed E-state index contributed by atoms with van der Waals surface area (Å²) in [5, 5.41) is 2.68. The van der Waals surface area contributed by atoms with E-state index < -0.39 is 36.4 Å². The van der Waals surface area contributed by atoms with Crippen molar-refractivity contribution in [3.63, 3.8) is 0 Å². The molecular weight excluding hydrogens is 418 g/mol. The lowest BCUT2D eigenvalue weighted by Crippen LogP contribution is -2.27. The molecule has 0 aliphatic heterocycles. The molecular formula is C21H21F4N3O3. The third-order valence-electron chi connectivity index (χ3n) is 4.71. The van der Waals surface area contributed by atoms with E-state index in [9.17, 15) is 27.2 Å². The molecule has 1 fully saturated rings. The summed E-state index contributed by atoms with van der Waals surface area (Å²) in [6.07, 6.45) is -1.53. The molecule has 10 heteroatoms. The molecule has 1 amide bonds. The number of carbonyl (C=O) groups excluding carboxylic acids is 2. The van der Waals surface area contributed by atoms with Crippen LogP contribution in [0.2, 0.25) is 0 Å². The molecule has 0 spiro atoms. The van der Waals surface area contributed by atoms with Crippen LogP contribution in [0.4, 0.5) is 17.6 Å². The fourth-order valence-electron chi connectivity index (χ4n) is 2.98. The van der Waals surface area contributed by atoms with Crippen LogP contribution in [-0.2, 0) is 11.2 Å². The Morgan fingerprint density at radius 3 is 2.58 bits per heavy atom. The van der Waals surface area contributed by atoms with Crippen molar-refractivity contribution in [2.45, 2.75) is 45.3 Å². The zero-order valence-corrected chi connectivity index (χ0v) is 16.9. The second-order valence-electron chi connectivity index (χ2n) is 7.56. The first-order valence-corrected chi connectivity index (χ1v) is 9.68. The summed E-state index contributed by atoms with van der Waals surface area (Å²) in [6, 6.07) is 3.39. The van der Waals surface area contributed by atoms with Crippen molar-refractivity contribution in [1.29, 1.82) is 0 Å². The van der Waals surface area contributed by atoms with Crippen LogP contribution in [0.5, 0.6) is 5.88 Å². The molecule has 1 saturated carbocycles. The lowest BCUT2D eigenvalue weighted by atomic mass is 10.1. The van der Waals surface area contributed by atoms with Crippen molar-refractivity contribution in [2.24, 2.45) is 5.92 Å². The van der Waals surface area contributed by atoms with Crippen LogP contribution in [0.15, 0.2) is 24.4 Å². The predicted molar refractivity (Wildman–Crippen MR) is 102 cm³/mol. The average molecular weight is 439 g/mol. The minimum Gasteiger partial charge on any atom is -0.466 e. The van der Waals surface area contributed by atoms with Gasteiger partial charge in [0.15, 0.2) is 12.4 Å². The van der Waals surface area contributed by atoms with Gasteiger partial charge in [-0.1, -0.05) is 0 Å². The number of ether oxygens (including phenoxy) is 1. The van der Waals surface area contributed by atoms with Crippen LogP contribution in [0.1, 0.15) is 53.1 Å². The highest BCUT2D eigenvalue weighted by molar-refractivity contribution is 5.95. The standard InChI is InChI=1S/C21H21F4N3O3/c1-11-5-14(6-16(27-11)8-18(29)13-3-4-13)19(30)28-12(2)15-7-17(22)20(26-9-15)31-10-21(23,24)25/h5-7,9,12-13H,3-4,8,10H2,1-2H3,(H,28,30). The van der Waals surface area contributed by atoms with Crippen molar-refractivity contribution in [3.05, 3.63) is 52.7 Å². The number of pyridine rings is 2. The fraction of sp³-hybridized carbons (Fsp3) is 0.429. The van der Waals surface area contributed by atoms with Gasteiger partial charge in [0, 0.05) is 35.5 Å². The Morgan fingerprint density at radius 1 is 1.26 bits per heavy atom. The smallest absolute Gasteiger partial charge is 0.422 e. The molecule has 1 N–H and O–H groups in total. The molecule has 1 aliphatic carbocycles. The molecule has 1 atom stereocenters. The van der Waals surface area contributed by atoms with Crippen molar-refractivity contribution in [1.82, 2.24) is 15.3 Å². The molecule has 3 rings (SSSR count). The average Bonchev–Trinajstić information content (AvgIpc) is 3.51. The molecule has 2 aromatic heterocycles. The van der Waals surface area contributed by atoms with Crippen LogP contribution in [0, 0.1) is 18.7 Å². The number of alkyl halides is 3. The van der Waals surface area contributed by atoms with Gasteiger partial charge in [0.1, 0.15) is 5.78 Å². The summed E-state index contributed by atoms with van der Waals surface area (Å²) in [7, 11) is 0. The van der Waals surface area contributed by atoms with E-state index in [-0.39, 0.29) is 23.7 Å². The number of amides is 1. The minimum atomic E-state index is -4.61. The Hall–Kier alpha value is -3.04. The number of nitrogens with zero attached hydrogens (tertiary/aromatic N) is 2. The minimum absolute atomic E-state index is 0.0880. The molecule has 1 aliphatic rings. The van der Waals surface area contributed by atoms with Crippen LogP contribution in [0.25, 0.3) is 0 Å². The van der Waals surface area contributed by atoms with Gasteiger partial charge in [-0.3, -0.25) is 14.6 Å². The topological polar surface area (TPSA) is 81.2 Å². The Bertz CT molecular complexity index is 990. The first-order chi connectivity index (χ1) is 14.5. The van der Waals surface area contributed by atoms with E-state index in [2.05, 4.69) is 20.0 Å². The van der Waals surface area contributed by atoms with E-state index in [4.69, 9.17) is 0 Å². The van der Waals surface area contributed by atoms with Gasteiger partial charge in [-0.05, 0) is 50.5 Å². The molecule has 0 saturated heterocycles. The number of hydrogen-bond donors (Lipinski definition) is 1. The molecule has 31 heavy (non-hydrogen) atoms. The third-order valence-corrected chi connectivity index (χ3v) is 4.71. The maximum Gasteiger partial charge on any atom is 0.422 e. The molecule has 0 bridgehead atoms. The first kappa shape index (κ1) is 22.6. The Balaban J connectivity index is 1.66. The lowest BCUT2D eigenvalue weighted by Gasteiger charge is -2.16. The van der Waals surface area contributed by atoms with Gasteiger partial charge in [0.05, 0.1) is 6.04 Å². The van der Waals surface area contributed by atoms with Gasteiger partial charge in [-0.15, -0.1) is 0 Å². The molecule has 0 radical (unpaired) electrons. The molecule has 2 aromatic rings. The number of ketones is 1. The van der Waals surface area contributed by atoms with E-state index in [0.29, 0.717) is 17.0 Å². The highest BCUT2D eigenvalue weighted by Gasteiger charge is 2.30. The number of aryl methyl sites for hydroxylation is 1. The lowest BCUT2D eigenvalue weighted by molar-refractivity contribution is -0.154. The highest BCUT2D eigenvalue weighted by Crippen LogP contribution is 2.31. The summed E-state index contributed by atoms with van der Waals surface area (Å²) in [5.41, 5.74) is 1.64. The van der Waals surface area contributed by atoms with E-state index in [1.165, 1.54) is 0 Å². The third kappa shape index (κ3) is 6.47. The molecule has 166 valence electrons. The Morgan fingerprint density at radius 2 is 1.97 bits per heavy atom. The fourth-order valence-corrected chi connectivity index (χ4v) is 2.98. The van der Waals surface area contributed by atoms with Crippen LogP contribution >= 0.6 is 0 Å². The van der Waals surface area contributed by atoms with Crippen molar-refractivity contribution >= 4 is 11.7 Å². The summed E-state index contributed by atoms with van der Waals surface area (Å²) < 4.78 is 55.0. The van der Waals surface area contributed by atoms with Crippen molar-refractivity contribution < 1.29 is 31.9 Å². The zero-order valence-electron chi connectivity index (χ0n) is 16.9. The van der Waals surface area contributed by atoms with Crippen molar-refractivity contribution in [3.8, 4) is 5.88 Å². The molecule has 1 unspecified atom stereocenters. The first-order valence-electron chi connectivity index (χ1n) is 9.68. The van der Waals surface area contributed by atoms with E-state index in [1.807, 2.05) is 0 Å². The number of hydrogen-bond acceptors (Lipinski definition) is 5. The van der Waals surface area contributed by atoms with Gasteiger partial charge in [0.2, 0.25) is 0 Å². The number of halogens is 4. The molecule has 0 aromatic carbocycles. The summed E-state index contributed by atoms with van der Waals surface area (Å²) >= 11 is 0. The highest BCUT2D eigenvalue weighted by atomic mass is 19.4. The zero-order chi connectivity index (χ0) is 22.8. The summed E-state index contributed by atoms with van der Waals surface area (Å²) in [5.74, 6) is -2.11. The van der Waals surface area contributed by atoms with Gasteiger partial charge in [-0.2, -0.15) is 13.2 Å². The van der Waals surface area contributed by atoms with Gasteiger partial charge < -0.3 is 10.1 Å². The van der Waals surface area contributed by atoms with Crippen LogP contribution < -0.4 is 10.1 Å². The second-order valence-corrected chi connectivity index (χ2v) is 7.56. The number of aromatic nitrogens is 2. The SMILES string of the molecule is Cc1cc(C(=O)NC(C)c2cnc(OCC(F)(F)F)c(F)c2)cc(CC(=O)C2CC2)n1. The van der Waals surface area contributed by atoms with Crippen LogP contribution in [-0.4, -0.2) is 34.4 Å². The van der Waals surface area contributed by atoms with E-state index in [0.717, 1.165) is 25.1 Å². The maximum absolute atomic E-state index is 14.0. The number of Topliss-reactive ketones (excluding diaryl/α,β-unsaturated/α-hetero) is 1. The number of rotatable bonds is 8. The van der Waals surface area contributed by atoms with Crippen LogP contribution in [0.3, 0.4) is 0 Å². The van der Waals surface area contributed by atoms with Crippen molar-refractivity contribution in [2.75, 3.05) is 6.61 Å². The number of carbonyl (C=O) groups is 2. The van der Waals surface area contributed by atoms with E-state index >= 15 is 0 Å². The normalized spacial score (nSPS) is 14.8. The predicted octanol–water partition coefficient (Wildman–Crippen LogP) is 3.88. The van der Waals surface area contributed by atoms with Gasteiger partial charge >= 0.3 is 6.18 Å².